The van der Waals surface area contributed by atoms with Crippen molar-refractivity contribution in [1.29, 1.82) is 0 Å². The number of anilines is 1. The molecule has 4 heteroatoms. The van der Waals surface area contributed by atoms with E-state index in [4.69, 9.17) is 0 Å². The van der Waals surface area contributed by atoms with Gasteiger partial charge in [0.1, 0.15) is 5.82 Å². The summed E-state index contributed by atoms with van der Waals surface area (Å²) in [5.74, 6) is 0.380. The molecule has 1 heterocycles. The fraction of sp³-hybridized carbons (Fsp3) is 0.625. The smallest absolute Gasteiger partial charge is 0.146 e. The molecule has 1 atom stereocenters. The van der Waals surface area contributed by atoms with Gasteiger partial charge in [0.15, 0.2) is 0 Å². The highest BCUT2D eigenvalue weighted by Gasteiger charge is 2.19. The summed E-state index contributed by atoms with van der Waals surface area (Å²) in [5.41, 5.74) is 1.24. The summed E-state index contributed by atoms with van der Waals surface area (Å²) in [7, 11) is 4.09. The van der Waals surface area contributed by atoms with E-state index in [1.54, 1.807) is 19.1 Å². The maximum atomic E-state index is 14.1. The normalized spacial score (nSPS) is 19.1. The molecule has 0 bridgehead atoms. The van der Waals surface area contributed by atoms with Crippen LogP contribution in [0.1, 0.15) is 31.4 Å². The molecule has 0 aliphatic carbocycles. The van der Waals surface area contributed by atoms with Gasteiger partial charge in [-0.3, -0.25) is 0 Å². The molecule has 1 aliphatic rings. The number of hydrogen-bond donors (Lipinski definition) is 1. The van der Waals surface area contributed by atoms with Crippen molar-refractivity contribution >= 4 is 5.69 Å². The van der Waals surface area contributed by atoms with E-state index in [0.717, 1.165) is 19.6 Å². The van der Waals surface area contributed by atoms with Gasteiger partial charge in [-0.1, -0.05) is 6.07 Å². The molecule has 1 aromatic rings. The van der Waals surface area contributed by atoms with Crippen molar-refractivity contribution in [2.45, 2.75) is 25.9 Å². The number of hydrogen-bond acceptors (Lipinski definition) is 3. The Bertz CT molecular complexity index is 442. The first-order chi connectivity index (χ1) is 9.47. The lowest BCUT2D eigenvalue weighted by Gasteiger charge is -2.32. The second kappa shape index (κ2) is 6.55. The number of aliphatic hydroxyl groups is 1. The van der Waals surface area contributed by atoms with E-state index in [-0.39, 0.29) is 5.82 Å². The number of nitrogens with zero attached hydrogens (tertiary/aromatic N) is 2. The molecule has 20 heavy (non-hydrogen) atoms. The molecule has 1 saturated heterocycles. The molecule has 1 N–H and O–H groups in total. The summed E-state index contributed by atoms with van der Waals surface area (Å²) in [6.45, 7) is 4.79. The van der Waals surface area contributed by atoms with Gasteiger partial charge in [0, 0.05) is 13.6 Å². The number of piperidine rings is 1. The predicted molar refractivity (Wildman–Crippen MR) is 80.5 cm³/mol. The molecular formula is C16H25FN2O. The molecule has 2 rings (SSSR count). The molecular weight excluding hydrogens is 255 g/mol. The summed E-state index contributed by atoms with van der Waals surface area (Å²) < 4.78 is 14.1. The van der Waals surface area contributed by atoms with Gasteiger partial charge in [0.05, 0.1) is 11.8 Å². The van der Waals surface area contributed by atoms with Gasteiger partial charge in [0.2, 0.25) is 0 Å². The van der Waals surface area contributed by atoms with Crippen molar-refractivity contribution in [1.82, 2.24) is 4.90 Å². The Morgan fingerprint density at radius 2 is 2.05 bits per heavy atom. The minimum Gasteiger partial charge on any atom is -0.389 e. The van der Waals surface area contributed by atoms with E-state index in [1.807, 2.05) is 11.9 Å². The van der Waals surface area contributed by atoms with Crippen LogP contribution >= 0.6 is 0 Å². The zero-order valence-corrected chi connectivity index (χ0v) is 12.6. The summed E-state index contributed by atoms with van der Waals surface area (Å²) in [6, 6.07) is 5.01. The van der Waals surface area contributed by atoms with Gasteiger partial charge in [-0.15, -0.1) is 0 Å². The van der Waals surface area contributed by atoms with Crippen LogP contribution in [0.15, 0.2) is 18.2 Å². The Morgan fingerprint density at radius 3 is 2.60 bits per heavy atom. The van der Waals surface area contributed by atoms with Crippen LogP contribution in [0.5, 0.6) is 0 Å². The van der Waals surface area contributed by atoms with Gasteiger partial charge < -0.3 is 14.9 Å². The molecule has 0 amide bonds. The van der Waals surface area contributed by atoms with E-state index in [0.29, 0.717) is 17.2 Å². The Balaban J connectivity index is 2.00. The predicted octanol–water partition coefficient (Wildman–Crippen LogP) is 2.66. The van der Waals surface area contributed by atoms with Crippen molar-refractivity contribution in [3.05, 3.63) is 29.6 Å². The highest BCUT2D eigenvalue weighted by atomic mass is 19.1. The minimum atomic E-state index is -0.627. The van der Waals surface area contributed by atoms with Crippen LogP contribution in [-0.2, 0) is 0 Å². The second-order valence-electron chi connectivity index (χ2n) is 6.01. The average Bonchev–Trinajstić information content (AvgIpc) is 2.41. The molecule has 1 aromatic carbocycles. The SMILES string of the molecule is CC(O)c1ccc(N(C)CC2CCN(C)CC2)c(F)c1. The first-order valence-corrected chi connectivity index (χ1v) is 7.34. The maximum absolute atomic E-state index is 14.1. The van der Waals surface area contributed by atoms with Crippen molar-refractivity contribution in [2.75, 3.05) is 38.6 Å². The van der Waals surface area contributed by atoms with E-state index in [9.17, 15) is 9.50 Å². The molecule has 1 aliphatic heterocycles. The lowest BCUT2D eigenvalue weighted by atomic mass is 9.96. The average molecular weight is 280 g/mol. The fourth-order valence-electron chi connectivity index (χ4n) is 2.82. The van der Waals surface area contributed by atoms with Gasteiger partial charge >= 0.3 is 0 Å². The number of rotatable bonds is 4. The van der Waals surface area contributed by atoms with E-state index in [2.05, 4.69) is 11.9 Å². The van der Waals surface area contributed by atoms with Crippen molar-refractivity contribution < 1.29 is 9.50 Å². The van der Waals surface area contributed by atoms with E-state index >= 15 is 0 Å². The number of likely N-dealkylation sites (tertiary alicyclic amines) is 1. The van der Waals surface area contributed by atoms with Crippen LogP contribution in [0.25, 0.3) is 0 Å². The number of halogens is 1. The van der Waals surface area contributed by atoms with E-state index < -0.39 is 6.10 Å². The van der Waals surface area contributed by atoms with Crippen LogP contribution < -0.4 is 4.90 Å². The molecule has 3 nitrogen and oxygen atoms in total. The van der Waals surface area contributed by atoms with Gasteiger partial charge in [-0.05, 0) is 63.5 Å². The second-order valence-corrected chi connectivity index (χ2v) is 6.01. The van der Waals surface area contributed by atoms with Crippen LogP contribution in [-0.4, -0.2) is 43.7 Å². The topological polar surface area (TPSA) is 26.7 Å². The Morgan fingerprint density at radius 1 is 1.40 bits per heavy atom. The molecule has 0 spiro atoms. The van der Waals surface area contributed by atoms with Crippen molar-refractivity contribution in [3.8, 4) is 0 Å². The monoisotopic (exact) mass is 280 g/mol. The van der Waals surface area contributed by atoms with Crippen molar-refractivity contribution in [2.24, 2.45) is 5.92 Å². The Kier molecular flexibility index (Phi) is 5.00. The molecule has 0 radical (unpaired) electrons. The molecule has 112 valence electrons. The van der Waals surface area contributed by atoms with Crippen LogP contribution in [0.2, 0.25) is 0 Å². The standard InChI is InChI=1S/C16H25FN2O/c1-12(20)14-4-5-16(15(17)10-14)19(3)11-13-6-8-18(2)9-7-13/h4-5,10,12-13,20H,6-9,11H2,1-3H3. The molecule has 1 fully saturated rings. The highest BCUT2D eigenvalue weighted by Crippen LogP contribution is 2.25. The highest BCUT2D eigenvalue weighted by molar-refractivity contribution is 5.48. The molecule has 1 unspecified atom stereocenters. The van der Waals surface area contributed by atoms with Crippen LogP contribution in [0, 0.1) is 11.7 Å². The van der Waals surface area contributed by atoms with Crippen LogP contribution in [0.3, 0.4) is 0 Å². The number of aliphatic hydroxyl groups excluding tert-OH is 1. The summed E-state index contributed by atoms with van der Waals surface area (Å²) in [4.78, 5) is 4.34. The van der Waals surface area contributed by atoms with Crippen molar-refractivity contribution in [3.63, 3.8) is 0 Å². The minimum absolute atomic E-state index is 0.251. The molecule has 0 saturated carbocycles. The third kappa shape index (κ3) is 3.70. The zero-order valence-electron chi connectivity index (χ0n) is 12.6. The van der Waals surface area contributed by atoms with Gasteiger partial charge in [0.25, 0.3) is 0 Å². The molecule has 0 aromatic heterocycles. The van der Waals surface area contributed by atoms with Crippen LogP contribution in [0.4, 0.5) is 10.1 Å². The largest absolute Gasteiger partial charge is 0.389 e. The third-order valence-corrected chi connectivity index (χ3v) is 4.24. The first-order valence-electron chi connectivity index (χ1n) is 7.34. The van der Waals surface area contributed by atoms with E-state index in [1.165, 1.54) is 18.9 Å². The summed E-state index contributed by atoms with van der Waals surface area (Å²) in [5, 5.41) is 9.48. The number of benzene rings is 1. The van der Waals surface area contributed by atoms with Gasteiger partial charge in [-0.2, -0.15) is 0 Å². The first kappa shape index (κ1) is 15.3. The quantitative estimate of drug-likeness (QED) is 0.918. The van der Waals surface area contributed by atoms with Gasteiger partial charge in [-0.25, -0.2) is 4.39 Å². The fourth-order valence-corrected chi connectivity index (χ4v) is 2.82. The Labute approximate surface area is 121 Å². The Hall–Kier alpha value is -1.13. The lowest BCUT2D eigenvalue weighted by molar-refractivity contribution is 0.199. The lowest BCUT2D eigenvalue weighted by Crippen LogP contribution is -2.36. The zero-order chi connectivity index (χ0) is 14.7. The third-order valence-electron chi connectivity index (χ3n) is 4.24. The summed E-state index contributed by atoms with van der Waals surface area (Å²) >= 11 is 0. The maximum Gasteiger partial charge on any atom is 0.146 e. The summed E-state index contributed by atoms with van der Waals surface area (Å²) in [6.07, 6.45) is 1.72.